The number of alkyl halides is 3. The molecule has 1 N–H and O–H groups in total. The van der Waals surface area contributed by atoms with E-state index in [0.29, 0.717) is 41.0 Å². The number of ether oxygens (including phenoxy) is 2. The van der Waals surface area contributed by atoms with Gasteiger partial charge in [0.15, 0.2) is 0 Å². The summed E-state index contributed by atoms with van der Waals surface area (Å²) in [6, 6.07) is 19.4. The highest BCUT2D eigenvalue weighted by Gasteiger charge is 2.42. The molecule has 0 aliphatic carbocycles. The fraction of sp³-hybridized carbons (Fsp3) is 0.317. The zero-order chi connectivity index (χ0) is 35.2. The number of methoxy groups -OCH3 is 1. The molecule has 3 aromatic carbocycles. The van der Waals surface area contributed by atoms with Gasteiger partial charge in [-0.25, -0.2) is 4.98 Å². The van der Waals surface area contributed by atoms with Gasteiger partial charge in [-0.15, -0.1) is 6.58 Å². The van der Waals surface area contributed by atoms with Crippen molar-refractivity contribution in [3.63, 3.8) is 0 Å². The molecular formula is C41H40F3N3O3. The molecule has 3 fully saturated rings. The van der Waals surface area contributed by atoms with Crippen LogP contribution in [-0.4, -0.2) is 46.2 Å². The maximum Gasteiger partial charge on any atom is 0.416 e. The Morgan fingerprint density at radius 1 is 1.02 bits per heavy atom. The first-order valence-electron chi connectivity index (χ1n) is 16.9. The van der Waals surface area contributed by atoms with Crippen LogP contribution in [0.15, 0.2) is 86.0 Å². The van der Waals surface area contributed by atoms with Crippen LogP contribution in [0.4, 0.5) is 13.2 Å². The van der Waals surface area contributed by atoms with Gasteiger partial charge >= 0.3 is 6.18 Å². The Labute approximate surface area is 289 Å². The van der Waals surface area contributed by atoms with Crippen LogP contribution >= 0.6 is 0 Å². The number of nitrogens with zero attached hydrogens (tertiary/aromatic N) is 3. The fourth-order valence-corrected chi connectivity index (χ4v) is 7.98. The molecule has 5 heterocycles. The molecule has 0 radical (unpaired) electrons. The van der Waals surface area contributed by atoms with E-state index in [9.17, 15) is 18.3 Å². The second-order valence-corrected chi connectivity index (χ2v) is 13.4. The van der Waals surface area contributed by atoms with Gasteiger partial charge in [0.05, 0.1) is 29.8 Å². The number of pyridine rings is 2. The van der Waals surface area contributed by atoms with Gasteiger partial charge in [0, 0.05) is 47.1 Å². The van der Waals surface area contributed by atoms with Crippen LogP contribution in [0.3, 0.4) is 0 Å². The molecule has 2 aromatic heterocycles. The molecule has 5 atom stereocenters. The van der Waals surface area contributed by atoms with Crippen molar-refractivity contribution in [3.8, 4) is 11.6 Å². The molecule has 50 heavy (non-hydrogen) atoms. The lowest BCUT2D eigenvalue weighted by atomic mass is 9.73. The third-order valence-electron chi connectivity index (χ3n) is 10.6. The minimum atomic E-state index is -4.45. The number of benzene rings is 3. The zero-order valence-electron chi connectivity index (χ0n) is 28.2. The lowest BCUT2D eigenvalue weighted by Crippen LogP contribution is -2.54. The van der Waals surface area contributed by atoms with E-state index in [0.717, 1.165) is 70.7 Å². The van der Waals surface area contributed by atoms with Crippen LogP contribution in [0.1, 0.15) is 58.0 Å². The Hall–Kier alpha value is -4.73. The van der Waals surface area contributed by atoms with Crippen molar-refractivity contribution in [3.05, 3.63) is 125 Å². The summed E-state index contributed by atoms with van der Waals surface area (Å²) in [4.78, 5) is 12.2. The number of piperidine rings is 3. The first-order chi connectivity index (χ1) is 24.1. The monoisotopic (exact) mass is 679 g/mol. The van der Waals surface area contributed by atoms with E-state index < -0.39 is 17.8 Å². The molecule has 3 aliphatic heterocycles. The molecule has 3 saturated heterocycles. The number of aromatic nitrogens is 2. The Kier molecular flexibility index (Phi) is 9.13. The van der Waals surface area contributed by atoms with Gasteiger partial charge in [0.2, 0.25) is 5.88 Å². The average Bonchev–Trinajstić information content (AvgIpc) is 3.12. The number of aliphatic hydroxyl groups is 1. The van der Waals surface area contributed by atoms with Crippen molar-refractivity contribution < 1.29 is 27.8 Å². The number of hydrogen-bond acceptors (Lipinski definition) is 6. The Balaban J connectivity index is 1.27. The molecule has 6 nitrogen and oxygen atoms in total. The van der Waals surface area contributed by atoms with Crippen LogP contribution in [0.5, 0.6) is 11.6 Å². The number of fused-ring (bicyclic) bond motifs is 5. The number of hydrogen-bond donors (Lipinski definition) is 1. The van der Waals surface area contributed by atoms with Crippen LogP contribution in [-0.2, 0) is 19.2 Å². The molecule has 2 unspecified atom stereocenters. The van der Waals surface area contributed by atoms with E-state index in [-0.39, 0.29) is 18.2 Å². The quantitative estimate of drug-likeness (QED) is 0.149. The Bertz CT molecular complexity index is 2100. The minimum Gasteiger partial charge on any atom is -0.496 e. The predicted molar refractivity (Wildman–Crippen MR) is 190 cm³/mol. The predicted octanol–water partition coefficient (Wildman–Crippen LogP) is 8.86. The highest BCUT2D eigenvalue weighted by atomic mass is 19.4. The Morgan fingerprint density at radius 2 is 1.84 bits per heavy atom. The third-order valence-corrected chi connectivity index (χ3v) is 10.6. The maximum absolute atomic E-state index is 13.6. The molecule has 5 aromatic rings. The number of aliphatic hydroxyl groups excluding tert-OH is 1. The lowest BCUT2D eigenvalue weighted by Gasteiger charge is -2.50. The van der Waals surface area contributed by atoms with Crippen LogP contribution in [0, 0.1) is 18.8 Å². The molecule has 0 amide bonds. The molecule has 2 bridgehead atoms. The smallest absolute Gasteiger partial charge is 0.416 e. The van der Waals surface area contributed by atoms with Gasteiger partial charge < -0.3 is 14.6 Å². The van der Waals surface area contributed by atoms with Crippen LogP contribution in [0.25, 0.3) is 27.9 Å². The summed E-state index contributed by atoms with van der Waals surface area (Å²) in [5.41, 5.74) is 4.52. The first-order valence-corrected chi connectivity index (χ1v) is 16.9. The Morgan fingerprint density at radius 3 is 2.56 bits per heavy atom. The van der Waals surface area contributed by atoms with Crippen molar-refractivity contribution in [2.45, 2.75) is 51.1 Å². The van der Waals surface area contributed by atoms with E-state index in [2.05, 4.69) is 29.1 Å². The number of para-hydroxylation sites is 1. The molecule has 3 aliphatic rings. The largest absolute Gasteiger partial charge is 0.496 e. The average molecular weight is 680 g/mol. The number of halogens is 3. The van der Waals surface area contributed by atoms with Gasteiger partial charge in [0.25, 0.3) is 0 Å². The summed E-state index contributed by atoms with van der Waals surface area (Å²) in [5.74, 6) is 1.87. The lowest BCUT2D eigenvalue weighted by molar-refractivity contribution is -0.138. The van der Waals surface area contributed by atoms with Gasteiger partial charge in [0.1, 0.15) is 12.4 Å². The summed E-state index contributed by atoms with van der Waals surface area (Å²) in [5, 5.41) is 13.9. The highest BCUT2D eigenvalue weighted by molar-refractivity contribution is 5.94. The van der Waals surface area contributed by atoms with Crippen LogP contribution in [0.2, 0.25) is 0 Å². The van der Waals surface area contributed by atoms with E-state index in [1.807, 2.05) is 48.5 Å². The normalized spacial score (nSPS) is 20.9. The van der Waals surface area contributed by atoms with Gasteiger partial charge in [-0.1, -0.05) is 49.1 Å². The highest BCUT2D eigenvalue weighted by Crippen LogP contribution is 2.44. The SMILES string of the molecule is C=Cc1c(OC)ccc2nc(Cc3cc(OCc4cccc(C(F)(F)F)c4C)nc4ccccc34)cc([C@@H](O)[C@@H]3CC4CCN3C[C@@H]4C=C)c12. The molecule has 8 rings (SSSR count). The molecular weight excluding hydrogens is 639 g/mol. The number of rotatable bonds is 10. The van der Waals surface area contributed by atoms with Crippen molar-refractivity contribution in [2.75, 3.05) is 20.2 Å². The summed E-state index contributed by atoms with van der Waals surface area (Å²) < 4.78 is 52.5. The molecule has 0 spiro atoms. The van der Waals surface area contributed by atoms with Gasteiger partial charge in [-0.3, -0.25) is 9.88 Å². The minimum absolute atomic E-state index is 0.0478. The second-order valence-electron chi connectivity index (χ2n) is 13.4. The van der Waals surface area contributed by atoms with E-state index >= 15 is 0 Å². The molecule has 0 saturated carbocycles. The standard InChI is InChI=1S/C41H40F3N3O3/c1-5-25-22-47-17-16-26(25)19-36(47)40(48)32-21-29(45-35-14-15-37(49-4)30(6-2)39(32)35)18-28-20-38(46-34-13-8-7-11-31(28)34)50-23-27-10-9-12-33(24(27)3)41(42,43)44/h5-15,20-21,25-26,36,40,48H,1-2,16-19,22-23H2,3-4H3/t25-,26?,36-,40+/m0/s1. The molecule has 9 heteroatoms. The summed E-state index contributed by atoms with van der Waals surface area (Å²) in [6.07, 6.45) is 0.966. The van der Waals surface area contributed by atoms with Crippen molar-refractivity contribution in [1.82, 2.24) is 14.9 Å². The van der Waals surface area contributed by atoms with Crippen molar-refractivity contribution in [1.29, 1.82) is 0 Å². The van der Waals surface area contributed by atoms with Gasteiger partial charge in [-0.2, -0.15) is 13.2 Å². The topological polar surface area (TPSA) is 67.7 Å². The maximum atomic E-state index is 13.6. The molecule has 258 valence electrons. The summed E-state index contributed by atoms with van der Waals surface area (Å²) in [6.45, 7) is 11.3. The third kappa shape index (κ3) is 6.24. The van der Waals surface area contributed by atoms with E-state index in [1.165, 1.54) is 13.0 Å². The summed E-state index contributed by atoms with van der Waals surface area (Å²) >= 11 is 0. The van der Waals surface area contributed by atoms with E-state index in [1.54, 1.807) is 19.3 Å². The van der Waals surface area contributed by atoms with Crippen molar-refractivity contribution in [2.24, 2.45) is 11.8 Å². The van der Waals surface area contributed by atoms with E-state index in [4.69, 9.17) is 14.5 Å². The van der Waals surface area contributed by atoms with Crippen molar-refractivity contribution >= 4 is 27.9 Å². The first kappa shape index (κ1) is 33.8. The second kappa shape index (κ2) is 13.5. The zero-order valence-corrected chi connectivity index (χ0v) is 28.2. The fourth-order valence-electron chi connectivity index (χ4n) is 7.98. The van der Waals surface area contributed by atoms with Gasteiger partial charge in [-0.05, 0) is 90.7 Å². The van der Waals surface area contributed by atoms with Crippen LogP contribution < -0.4 is 9.47 Å². The summed E-state index contributed by atoms with van der Waals surface area (Å²) in [7, 11) is 1.62.